The van der Waals surface area contributed by atoms with Gasteiger partial charge in [-0.1, -0.05) is 115 Å². The van der Waals surface area contributed by atoms with Crippen LogP contribution in [0.1, 0.15) is 0 Å². The Morgan fingerprint density at radius 2 is 0.828 bits per heavy atom. The quantitative estimate of drug-likeness (QED) is 0.170. The molecule has 0 unspecified atom stereocenters. The lowest BCUT2D eigenvalue weighted by Gasteiger charge is -2.15. The number of fused-ring (bicyclic) bond motifs is 13. The van der Waals surface area contributed by atoms with Gasteiger partial charge < -0.3 is 13.7 Å². The van der Waals surface area contributed by atoms with E-state index in [1.807, 2.05) is 11.3 Å². The Hall–Kier alpha value is -7.40. The molecule has 0 bridgehead atoms. The molecule has 0 saturated heterocycles. The van der Waals surface area contributed by atoms with Crippen LogP contribution in [-0.4, -0.2) is 13.7 Å². The lowest BCUT2D eigenvalue weighted by atomic mass is 10.0. The lowest BCUT2D eigenvalue weighted by molar-refractivity contribution is 1.17. The normalized spacial score (nSPS) is 12.1. The molecule has 0 amide bonds. The molecule has 0 radical (unpaired) electrons. The van der Waals surface area contributed by atoms with Crippen LogP contribution in [0.15, 0.2) is 200 Å². The number of aromatic nitrogens is 3. The largest absolute Gasteiger partial charge is 0.309 e. The molecule has 9 aromatic carbocycles. The monoisotopic (exact) mass is 755 g/mol. The Bertz CT molecular complexity index is 3800. The zero-order valence-corrected chi connectivity index (χ0v) is 32.1. The summed E-state index contributed by atoms with van der Waals surface area (Å²) in [5, 5.41) is 10.2. The van der Waals surface area contributed by atoms with E-state index in [1.54, 1.807) is 0 Å². The van der Waals surface area contributed by atoms with Crippen LogP contribution in [0.25, 0.3) is 114 Å². The van der Waals surface area contributed by atoms with Crippen molar-refractivity contribution in [2.45, 2.75) is 0 Å². The van der Waals surface area contributed by atoms with Crippen molar-refractivity contribution in [3.8, 4) is 28.2 Å². The molecule has 0 aliphatic rings. The summed E-state index contributed by atoms with van der Waals surface area (Å²) >= 11 is 1.87. The number of thiophene rings is 1. The van der Waals surface area contributed by atoms with Crippen LogP contribution in [0, 0.1) is 0 Å². The number of benzene rings is 9. The topological polar surface area (TPSA) is 14.8 Å². The van der Waals surface area contributed by atoms with Gasteiger partial charge in [0, 0.05) is 69.4 Å². The smallest absolute Gasteiger partial charge is 0.0549 e. The van der Waals surface area contributed by atoms with E-state index in [2.05, 4.69) is 214 Å². The summed E-state index contributed by atoms with van der Waals surface area (Å²) in [6, 6.07) is 73.6. The molecule has 0 aliphatic carbocycles. The van der Waals surface area contributed by atoms with Gasteiger partial charge in [0.05, 0.1) is 38.8 Å². The summed E-state index contributed by atoms with van der Waals surface area (Å²) in [6.07, 6.45) is 0. The van der Waals surface area contributed by atoms with E-state index < -0.39 is 0 Å². The summed E-state index contributed by atoms with van der Waals surface area (Å²) < 4.78 is 9.99. The Morgan fingerprint density at radius 1 is 0.293 bits per heavy atom. The van der Waals surface area contributed by atoms with E-state index in [9.17, 15) is 0 Å². The van der Waals surface area contributed by atoms with E-state index >= 15 is 0 Å². The third kappa shape index (κ3) is 4.38. The highest BCUT2D eigenvalue weighted by atomic mass is 32.1. The second kappa shape index (κ2) is 12.1. The summed E-state index contributed by atoms with van der Waals surface area (Å²) in [7, 11) is 0. The highest BCUT2D eigenvalue weighted by Crippen LogP contribution is 2.45. The maximum absolute atomic E-state index is 2.49. The second-order valence-electron chi connectivity index (χ2n) is 15.3. The molecule has 13 rings (SSSR count). The maximum atomic E-state index is 2.49. The summed E-state index contributed by atoms with van der Waals surface area (Å²) in [5.41, 5.74) is 13.1. The molecular formula is C54H33N3S. The van der Waals surface area contributed by atoms with Gasteiger partial charge in [-0.05, 0) is 90.5 Å². The van der Waals surface area contributed by atoms with Crippen LogP contribution < -0.4 is 0 Å². The van der Waals surface area contributed by atoms with Crippen molar-refractivity contribution in [3.63, 3.8) is 0 Å². The molecule has 3 nitrogen and oxygen atoms in total. The zero-order chi connectivity index (χ0) is 37.9. The van der Waals surface area contributed by atoms with Gasteiger partial charge in [-0.3, -0.25) is 0 Å². The third-order valence-corrected chi connectivity index (χ3v) is 13.4. The molecule has 0 fully saturated rings. The fourth-order valence-electron chi connectivity index (χ4n) is 9.82. The first-order valence-electron chi connectivity index (χ1n) is 19.9. The Balaban J connectivity index is 1.07. The number of hydrogen-bond acceptors (Lipinski definition) is 1. The van der Waals surface area contributed by atoms with Gasteiger partial charge in [0.15, 0.2) is 0 Å². The predicted molar refractivity (Wildman–Crippen MR) is 248 cm³/mol. The van der Waals surface area contributed by atoms with E-state index in [0.717, 1.165) is 5.69 Å². The molecule has 270 valence electrons. The molecule has 0 atom stereocenters. The van der Waals surface area contributed by atoms with Crippen LogP contribution in [-0.2, 0) is 0 Å². The minimum absolute atomic E-state index is 1.16. The number of para-hydroxylation sites is 5. The van der Waals surface area contributed by atoms with Gasteiger partial charge in [-0.15, -0.1) is 11.3 Å². The Labute approximate surface area is 337 Å². The van der Waals surface area contributed by atoms with E-state index in [4.69, 9.17) is 0 Å². The summed E-state index contributed by atoms with van der Waals surface area (Å²) in [4.78, 5) is 0. The van der Waals surface area contributed by atoms with Crippen molar-refractivity contribution in [1.82, 2.24) is 13.7 Å². The summed E-state index contributed by atoms with van der Waals surface area (Å²) in [6.45, 7) is 0. The van der Waals surface area contributed by atoms with Crippen molar-refractivity contribution in [3.05, 3.63) is 200 Å². The van der Waals surface area contributed by atoms with Crippen molar-refractivity contribution in [1.29, 1.82) is 0 Å². The minimum Gasteiger partial charge on any atom is -0.309 e. The van der Waals surface area contributed by atoms with Gasteiger partial charge in [0.2, 0.25) is 0 Å². The third-order valence-electron chi connectivity index (χ3n) is 12.2. The second-order valence-corrected chi connectivity index (χ2v) is 16.4. The Kier molecular flexibility index (Phi) is 6.60. The van der Waals surface area contributed by atoms with Gasteiger partial charge in [-0.2, -0.15) is 0 Å². The first-order chi connectivity index (χ1) is 28.8. The average molecular weight is 756 g/mol. The SMILES string of the molecule is c1ccc(-n2c3ccccc3c3cc(-c4ccccc4-n4c5ccccc5c5c6c7ccccc7n(-c7ccc8sc9ccccc9c8c7)c6ccc54)ccc32)cc1. The summed E-state index contributed by atoms with van der Waals surface area (Å²) in [5.74, 6) is 0. The van der Waals surface area contributed by atoms with Gasteiger partial charge in [0.1, 0.15) is 0 Å². The molecule has 0 spiro atoms. The van der Waals surface area contributed by atoms with Gasteiger partial charge in [-0.25, -0.2) is 0 Å². The fraction of sp³-hybridized carbons (Fsp3) is 0. The predicted octanol–water partition coefficient (Wildman–Crippen LogP) is 15.0. The molecule has 0 aliphatic heterocycles. The number of nitrogens with zero attached hydrogens (tertiary/aromatic N) is 3. The van der Waals surface area contributed by atoms with E-state index in [1.165, 1.54) is 108 Å². The van der Waals surface area contributed by atoms with Gasteiger partial charge >= 0.3 is 0 Å². The maximum Gasteiger partial charge on any atom is 0.0549 e. The molecule has 4 heteroatoms. The number of hydrogen-bond donors (Lipinski definition) is 0. The lowest BCUT2D eigenvalue weighted by Crippen LogP contribution is -1.97. The van der Waals surface area contributed by atoms with Crippen molar-refractivity contribution in [2.75, 3.05) is 0 Å². The first kappa shape index (κ1) is 31.8. The van der Waals surface area contributed by atoms with Gasteiger partial charge in [0.25, 0.3) is 0 Å². The molecule has 4 heterocycles. The fourth-order valence-corrected chi connectivity index (χ4v) is 10.9. The van der Waals surface area contributed by atoms with Crippen molar-refractivity contribution >= 4 is 96.9 Å². The molecule has 0 N–H and O–H groups in total. The van der Waals surface area contributed by atoms with E-state index in [0.29, 0.717) is 0 Å². The van der Waals surface area contributed by atoms with Crippen molar-refractivity contribution < 1.29 is 0 Å². The molecule has 4 aromatic heterocycles. The van der Waals surface area contributed by atoms with Crippen molar-refractivity contribution in [2.24, 2.45) is 0 Å². The standard InChI is InChI=1S/C54H33N3S/c1-2-14-35(15-3-1)55-45-22-10-5-17-38(45)42-32-34(26-28-48(42)55)37-16-4-9-21-44(37)57-47-24-12-7-20-41(47)54-50(57)30-29-49-53(54)40-19-6-11-23-46(40)56(49)36-27-31-52-43(33-36)39-18-8-13-25-51(39)58-52/h1-33H. The highest BCUT2D eigenvalue weighted by Gasteiger charge is 2.22. The van der Waals surface area contributed by atoms with Crippen LogP contribution in [0.2, 0.25) is 0 Å². The first-order valence-corrected chi connectivity index (χ1v) is 20.7. The zero-order valence-electron chi connectivity index (χ0n) is 31.3. The highest BCUT2D eigenvalue weighted by molar-refractivity contribution is 7.25. The molecule has 58 heavy (non-hydrogen) atoms. The Morgan fingerprint density at radius 3 is 1.60 bits per heavy atom. The molecule has 0 saturated carbocycles. The molecule has 13 aromatic rings. The molecular weight excluding hydrogens is 723 g/mol. The van der Waals surface area contributed by atoms with E-state index in [-0.39, 0.29) is 0 Å². The minimum atomic E-state index is 1.16. The van der Waals surface area contributed by atoms with Crippen LogP contribution in [0.5, 0.6) is 0 Å². The number of rotatable bonds is 4. The van der Waals surface area contributed by atoms with Crippen LogP contribution in [0.3, 0.4) is 0 Å². The van der Waals surface area contributed by atoms with Crippen LogP contribution in [0.4, 0.5) is 0 Å². The average Bonchev–Trinajstić information content (AvgIpc) is 4.02. The van der Waals surface area contributed by atoms with Crippen LogP contribution >= 0.6 is 11.3 Å².